The van der Waals surface area contributed by atoms with Gasteiger partial charge in [0.2, 0.25) is 0 Å². The molecule has 0 atom stereocenters. The fourth-order valence-electron chi connectivity index (χ4n) is 1.84. The summed E-state index contributed by atoms with van der Waals surface area (Å²) in [4.78, 5) is 22.9. The van der Waals surface area contributed by atoms with Gasteiger partial charge in [-0.3, -0.25) is 4.79 Å². The summed E-state index contributed by atoms with van der Waals surface area (Å²) in [6.45, 7) is 0.380. The third kappa shape index (κ3) is 2.92. The number of rotatable bonds is 5. The first kappa shape index (κ1) is 14.8. The van der Waals surface area contributed by atoms with E-state index in [1.165, 1.54) is 0 Å². The second-order valence-electron chi connectivity index (χ2n) is 4.69. The summed E-state index contributed by atoms with van der Waals surface area (Å²) in [5.74, 6) is -4.71. The number of amides is 1. The van der Waals surface area contributed by atoms with E-state index in [4.69, 9.17) is 5.11 Å². The van der Waals surface area contributed by atoms with Crippen molar-refractivity contribution < 1.29 is 23.5 Å². The smallest absolute Gasteiger partial charge is 0.336 e. The molecule has 2 N–H and O–H groups in total. The van der Waals surface area contributed by atoms with Gasteiger partial charge in [0.25, 0.3) is 5.91 Å². The fourth-order valence-corrected chi connectivity index (χ4v) is 2.57. The van der Waals surface area contributed by atoms with Crippen molar-refractivity contribution in [1.29, 1.82) is 0 Å². The van der Waals surface area contributed by atoms with Gasteiger partial charge in [0.05, 0.1) is 11.1 Å². The van der Waals surface area contributed by atoms with Crippen molar-refractivity contribution in [3.63, 3.8) is 0 Å². The lowest BCUT2D eigenvalue weighted by atomic mass is 10.1. The van der Waals surface area contributed by atoms with E-state index in [0.29, 0.717) is 18.7 Å². The van der Waals surface area contributed by atoms with E-state index < -0.39 is 29.1 Å². The Morgan fingerprint density at radius 3 is 2.30 bits per heavy atom. The highest BCUT2D eigenvalue weighted by Crippen LogP contribution is 2.46. The summed E-state index contributed by atoms with van der Waals surface area (Å²) in [7, 11) is 0. The van der Waals surface area contributed by atoms with Crippen LogP contribution in [0.5, 0.6) is 0 Å². The molecule has 0 bridgehead atoms. The van der Waals surface area contributed by atoms with Crippen molar-refractivity contribution in [3.8, 4) is 0 Å². The summed E-state index contributed by atoms with van der Waals surface area (Å²) in [5.41, 5.74) is -0.913. The first-order valence-corrected chi connectivity index (χ1v) is 7.17. The fraction of sp³-hybridized carbons (Fsp3) is 0.385. The molecule has 20 heavy (non-hydrogen) atoms. The van der Waals surface area contributed by atoms with E-state index in [-0.39, 0.29) is 10.3 Å². The quantitative estimate of drug-likeness (QED) is 0.875. The van der Waals surface area contributed by atoms with Crippen molar-refractivity contribution in [3.05, 3.63) is 34.9 Å². The molecule has 0 aliphatic heterocycles. The maximum absolute atomic E-state index is 13.2. The molecule has 1 saturated carbocycles. The average Bonchev–Trinajstić information content (AvgIpc) is 3.19. The number of thioether (sulfide) groups is 1. The molecule has 1 aliphatic rings. The predicted molar refractivity (Wildman–Crippen MR) is 71.1 cm³/mol. The maximum Gasteiger partial charge on any atom is 0.336 e. The summed E-state index contributed by atoms with van der Waals surface area (Å²) >= 11 is 1.63. The van der Waals surface area contributed by atoms with Gasteiger partial charge in [-0.25, -0.2) is 13.6 Å². The van der Waals surface area contributed by atoms with Gasteiger partial charge < -0.3 is 10.4 Å². The highest BCUT2D eigenvalue weighted by molar-refractivity contribution is 8.00. The second-order valence-corrected chi connectivity index (χ2v) is 5.96. The molecule has 1 fully saturated rings. The van der Waals surface area contributed by atoms with Crippen LogP contribution in [0.15, 0.2) is 12.1 Å². The van der Waals surface area contributed by atoms with Crippen LogP contribution < -0.4 is 5.32 Å². The van der Waals surface area contributed by atoms with Gasteiger partial charge in [-0.05, 0) is 31.2 Å². The van der Waals surface area contributed by atoms with Crippen LogP contribution in [0.2, 0.25) is 0 Å². The molecule has 4 nitrogen and oxygen atoms in total. The Labute approximate surface area is 118 Å². The minimum atomic E-state index is -1.47. The molecule has 1 aliphatic carbocycles. The van der Waals surface area contributed by atoms with Gasteiger partial charge >= 0.3 is 5.97 Å². The van der Waals surface area contributed by atoms with E-state index in [2.05, 4.69) is 5.32 Å². The zero-order valence-corrected chi connectivity index (χ0v) is 11.5. The van der Waals surface area contributed by atoms with E-state index in [0.717, 1.165) is 12.8 Å². The molecule has 108 valence electrons. The van der Waals surface area contributed by atoms with E-state index in [9.17, 15) is 18.4 Å². The van der Waals surface area contributed by atoms with Crippen LogP contribution in [0.3, 0.4) is 0 Å². The van der Waals surface area contributed by atoms with E-state index >= 15 is 0 Å². The minimum absolute atomic E-state index is 0.00236. The molecular weight excluding hydrogens is 288 g/mol. The topological polar surface area (TPSA) is 66.4 Å². The molecule has 0 unspecified atom stereocenters. The predicted octanol–water partition coefficient (Wildman–Crippen LogP) is 2.29. The number of halogens is 2. The number of hydrogen-bond acceptors (Lipinski definition) is 3. The number of hydrogen-bond donors (Lipinski definition) is 2. The third-order valence-corrected chi connectivity index (χ3v) is 4.77. The lowest BCUT2D eigenvalue weighted by Crippen LogP contribution is -2.32. The highest BCUT2D eigenvalue weighted by Gasteiger charge is 2.42. The molecule has 0 aromatic heterocycles. The second kappa shape index (κ2) is 5.40. The number of carbonyl (C=O) groups is 2. The van der Waals surface area contributed by atoms with Crippen LogP contribution in [0.1, 0.15) is 33.6 Å². The molecular formula is C13H13F2NO3S. The Morgan fingerprint density at radius 1 is 1.30 bits per heavy atom. The van der Waals surface area contributed by atoms with E-state index in [1.807, 2.05) is 6.26 Å². The van der Waals surface area contributed by atoms with Crippen LogP contribution >= 0.6 is 11.8 Å². The summed E-state index contributed by atoms with van der Waals surface area (Å²) in [6.07, 6.45) is 3.87. The molecule has 0 radical (unpaired) electrons. The molecule has 0 spiro atoms. The summed E-state index contributed by atoms with van der Waals surface area (Å²) in [6, 6.07) is 1.14. The first-order valence-electron chi connectivity index (χ1n) is 5.94. The zero-order chi connectivity index (χ0) is 14.9. The Morgan fingerprint density at radius 2 is 1.85 bits per heavy atom. The number of benzene rings is 1. The molecule has 1 amide bonds. The number of carboxylic acid groups (broad SMARTS) is 1. The van der Waals surface area contributed by atoms with Crippen molar-refractivity contribution in [2.24, 2.45) is 0 Å². The van der Waals surface area contributed by atoms with Gasteiger partial charge in [0.15, 0.2) is 11.6 Å². The molecule has 0 heterocycles. The lowest BCUT2D eigenvalue weighted by molar-refractivity contribution is 0.0690. The van der Waals surface area contributed by atoms with Gasteiger partial charge in [-0.1, -0.05) is 0 Å². The van der Waals surface area contributed by atoms with Crippen molar-refractivity contribution in [1.82, 2.24) is 5.32 Å². The van der Waals surface area contributed by atoms with E-state index in [1.54, 1.807) is 11.8 Å². The minimum Gasteiger partial charge on any atom is -0.478 e. The van der Waals surface area contributed by atoms with Crippen molar-refractivity contribution in [2.45, 2.75) is 17.6 Å². The van der Waals surface area contributed by atoms with Gasteiger partial charge in [0, 0.05) is 11.3 Å². The molecule has 2 rings (SSSR count). The largest absolute Gasteiger partial charge is 0.478 e. The first-order chi connectivity index (χ1) is 9.38. The molecule has 1 aromatic rings. The normalized spacial score (nSPS) is 15.8. The lowest BCUT2D eigenvalue weighted by Gasteiger charge is -2.14. The summed E-state index contributed by atoms with van der Waals surface area (Å²) in [5, 5.41) is 11.5. The van der Waals surface area contributed by atoms with Crippen LogP contribution in [0.4, 0.5) is 8.78 Å². The van der Waals surface area contributed by atoms with Crippen molar-refractivity contribution in [2.75, 3.05) is 12.8 Å². The molecule has 7 heteroatoms. The number of carboxylic acids is 1. The maximum atomic E-state index is 13.2. The Bertz CT molecular complexity index is 573. The number of aromatic carboxylic acids is 1. The molecule has 0 saturated heterocycles. The number of nitrogens with one attached hydrogen (secondary N) is 1. The van der Waals surface area contributed by atoms with Crippen LogP contribution in [-0.4, -0.2) is 34.5 Å². The Kier molecular flexibility index (Phi) is 3.99. The molecule has 1 aromatic carbocycles. The van der Waals surface area contributed by atoms with Gasteiger partial charge in [0.1, 0.15) is 0 Å². The van der Waals surface area contributed by atoms with Gasteiger partial charge in [-0.2, -0.15) is 11.8 Å². The van der Waals surface area contributed by atoms with Crippen LogP contribution in [-0.2, 0) is 0 Å². The average molecular weight is 301 g/mol. The highest BCUT2D eigenvalue weighted by atomic mass is 32.2. The van der Waals surface area contributed by atoms with Crippen LogP contribution in [0.25, 0.3) is 0 Å². The Hall–Kier alpha value is -1.63. The third-order valence-electron chi connectivity index (χ3n) is 3.35. The monoisotopic (exact) mass is 301 g/mol. The van der Waals surface area contributed by atoms with Crippen molar-refractivity contribution >= 4 is 23.6 Å². The van der Waals surface area contributed by atoms with Crippen LogP contribution in [0, 0.1) is 11.6 Å². The number of carbonyl (C=O) groups excluding carboxylic acids is 1. The standard InChI is InChI=1S/C13H13F2NO3S/c1-20-13(2-3-13)6-16-11(17)7-4-9(14)10(15)5-8(7)12(18)19/h4-5H,2-3,6H2,1H3,(H,16,17)(H,18,19). The zero-order valence-electron chi connectivity index (χ0n) is 10.7. The SMILES string of the molecule is CSC1(CNC(=O)c2cc(F)c(F)cc2C(=O)O)CC1. The Balaban J connectivity index is 2.20. The van der Waals surface area contributed by atoms with Gasteiger partial charge in [-0.15, -0.1) is 0 Å². The summed E-state index contributed by atoms with van der Waals surface area (Å²) < 4.78 is 26.2.